The molecule has 1 aromatic heterocycles. The summed E-state index contributed by atoms with van der Waals surface area (Å²) in [6.07, 6.45) is 0. The van der Waals surface area contributed by atoms with E-state index in [0.717, 1.165) is 0 Å². The summed E-state index contributed by atoms with van der Waals surface area (Å²) in [5, 5.41) is 10.6. The third-order valence-electron chi connectivity index (χ3n) is 2.88. The summed E-state index contributed by atoms with van der Waals surface area (Å²) in [6.45, 7) is 0. The van der Waals surface area contributed by atoms with E-state index in [-0.39, 0.29) is 5.82 Å². The van der Waals surface area contributed by atoms with E-state index in [1.54, 1.807) is 18.2 Å². The lowest BCUT2D eigenvalue weighted by Crippen LogP contribution is -1.97. The Bertz CT molecular complexity index is 772. The first kappa shape index (κ1) is 12.2. The van der Waals surface area contributed by atoms with Gasteiger partial charge in [-0.25, -0.2) is 9.02 Å². The highest BCUT2D eigenvalue weighted by atomic mass is 19.1. The molecular weight excluding hydrogens is 263 g/mol. The number of nitrogen functional groups attached to an aromatic ring is 1. The van der Waals surface area contributed by atoms with Gasteiger partial charge in [0.05, 0.1) is 24.2 Å². The van der Waals surface area contributed by atoms with Crippen LogP contribution in [0.25, 0.3) is 11.0 Å². The predicted octanol–water partition coefficient (Wildman–Crippen LogP) is 2.70. The Morgan fingerprint density at radius 3 is 2.70 bits per heavy atom. The van der Waals surface area contributed by atoms with Crippen molar-refractivity contribution in [3.05, 3.63) is 36.1 Å². The molecule has 0 saturated heterocycles. The van der Waals surface area contributed by atoms with Gasteiger partial charge in [-0.1, -0.05) is 0 Å². The van der Waals surface area contributed by atoms with Crippen LogP contribution in [0.2, 0.25) is 0 Å². The number of nitrogens with one attached hydrogen (secondary N) is 1. The van der Waals surface area contributed by atoms with E-state index in [0.29, 0.717) is 33.8 Å². The van der Waals surface area contributed by atoms with Gasteiger partial charge < -0.3 is 15.8 Å². The lowest BCUT2D eigenvalue weighted by atomic mass is 10.2. The second-order valence-electron chi connectivity index (χ2n) is 4.13. The van der Waals surface area contributed by atoms with Gasteiger partial charge in [0, 0.05) is 6.07 Å². The summed E-state index contributed by atoms with van der Waals surface area (Å²) >= 11 is 0. The van der Waals surface area contributed by atoms with Crippen LogP contribution < -0.4 is 15.8 Å². The maximum atomic E-state index is 13.2. The number of rotatable bonds is 3. The molecule has 0 saturated carbocycles. The van der Waals surface area contributed by atoms with Crippen molar-refractivity contribution >= 4 is 28.1 Å². The van der Waals surface area contributed by atoms with E-state index in [1.165, 1.54) is 19.2 Å². The number of benzene rings is 2. The largest absolute Gasteiger partial charge is 0.494 e. The lowest BCUT2D eigenvalue weighted by molar-refractivity contribution is 0.316. The fourth-order valence-electron chi connectivity index (χ4n) is 1.90. The molecule has 6 nitrogen and oxygen atoms in total. The maximum Gasteiger partial charge on any atom is 0.160 e. The molecule has 7 heteroatoms. The molecule has 0 bridgehead atoms. The van der Waals surface area contributed by atoms with Crippen molar-refractivity contribution in [3.63, 3.8) is 0 Å². The standard InChI is InChI=1S/C13H11FN4O2/c1-19-11-6-7(14)2-4-9(11)16-10-5-3-8(15)12-13(10)18-20-17-12/h2-6,16H,15H2,1H3. The molecule has 0 spiro atoms. The molecule has 20 heavy (non-hydrogen) atoms. The Kier molecular flexibility index (Phi) is 2.86. The van der Waals surface area contributed by atoms with Gasteiger partial charge in [-0.05, 0) is 34.6 Å². The number of nitrogens with two attached hydrogens (primary N) is 1. The van der Waals surface area contributed by atoms with Crippen LogP contribution in [-0.2, 0) is 0 Å². The number of aromatic nitrogens is 2. The average Bonchev–Trinajstić information content (AvgIpc) is 2.94. The van der Waals surface area contributed by atoms with Gasteiger partial charge in [0.2, 0.25) is 0 Å². The molecular formula is C13H11FN4O2. The first-order valence-corrected chi connectivity index (χ1v) is 5.80. The van der Waals surface area contributed by atoms with Crippen molar-refractivity contribution in [2.24, 2.45) is 0 Å². The molecule has 0 aliphatic rings. The molecule has 0 radical (unpaired) electrons. The van der Waals surface area contributed by atoms with E-state index < -0.39 is 0 Å². The van der Waals surface area contributed by atoms with Gasteiger partial charge in [-0.15, -0.1) is 0 Å². The van der Waals surface area contributed by atoms with Gasteiger partial charge in [0.15, 0.2) is 11.0 Å². The smallest absolute Gasteiger partial charge is 0.160 e. The van der Waals surface area contributed by atoms with Crippen LogP contribution in [0.4, 0.5) is 21.5 Å². The van der Waals surface area contributed by atoms with Crippen molar-refractivity contribution in [2.75, 3.05) is 18.2 Å². The highest BCUT2D eigenvalue weighted by molar-refractivity contribution is 5.96. The lowest BCUT2D eigenvalue weighted by Gasteiger charge is -2.11. The highest BCUT2D eigenvalue weighted by Gasteiger charge is 2.12. The fourth-order valence-corrected chi connectivity index (χ4v) is 1.90. The van der Waals surface area contributed by atoms with Crippen molar-refractivity contribution in [1.29, 1.82) is 0 Å². The van der Waals surface area contributed by atoms with Crippen molar-refractivity contribution < 1.29 is 13.8 Å². The normalized spacial score (nSPS) is 10.7. The predicted molar refractivity (Wildman–Crippen MR) is 72.5 cm³/mol. The number of hydrogen-bond acceptors (Lipinski definition) is 6. The zero-order valence-corrected chi connectivity index (χ0v) is 10.6. The fraction of sp³-hybridized carbons (Fsp3) is 0.0769. The monoisotopic (exact) mass is 274 g/mol. The Labute approximate surface area is 113 Å². The van der Waals surface area contributed by atoms with E-state index in [2.05, 4.69) is 20.3 Å². The first-order chi connectivity index (χ1) is 9.69. The molecule has 3 aromatic rings. The summed E-state index contributed by atoms with van der Waals surface area (Å²) in [7, 11) is 1.47. The number of halogens is 1. The second kappa shape index (κ2) is 4.69. The number of ether oxygens (including phenoxy) is 1. The zero-order chi connectivity index (χ0) is 14.1. The minimum absolute atomic E-state index is 0.377. The van der Waals surface area contributed by atoms with Crippen LogP contribution in [0.1, 0.15) is 0 Å². The average molecular weight is 274 g/mol. The third-order valence-corrected chi connectivity index (χ3v) is 2.88. The number of anilines is 3. The third kappa shape index (κ3) is 1.99. The minimum atomic E-state index is -0.377. The highest BCUT2D eigenvalue weighted by Crippen LogP contribution is 2.32. The Morgan fingerprint density at radius 2 is 1.90 bits per heavy atom. The number of methoxy groups -OCH3 is 1. The van der Waals surface area contributed by atoms with Crippen molar-refractivity contribution in [2.45, 2.75) is 0 Å². The van der Waals surface area contributed by atoms with Crippen LogP contribution in [0.3, 0.4) is 0 Å². The van der Waals surface area contributed by atoms with E-state index >= 15 is 0 Å². The summed E-state index contributed by atoms with van der Waals surface area (Å²) in [5.41, 5.74) is 8.45. The summed E-state index contributed by atoms with van der Waals surface area (Å²) in [5.74, 6) is 0.00406. The number of hydrogen-bond donors (Lipinski definition) is 2. The van der Waals surface area contributed by atoms with Crippen LogP contribution in [0.5, 0.6) is 5.75 Å². The van der Waals surface area contributed by atoms with Crippen molar-refractivity contribution in [1.82, 2.24) is 10.3 Å². The van der Waals surface area contributed by atoms with Gasteiger partial charge in [-0.3, -0.25) is 0 Å². The molecule has 0 aliphatic carbocycles. The molecule has 0 unspecified atom stereocenters. The van der Waals surface area contributed by atoms with Crippen LogP contribution in [0, 0.1) is 5.82 Å². The maximum absolute atomic E-state index is 13.2. The Morgan fingerprint density at radius 1 is 1.15 bits per heavy atom. The first-order valence-electron chi connectivity index (χ1n) is 5.80. The molecule has 3 rings (SSSR count). The second-order valence-corrected chi connectivity index (χ2v) is 4.13. The van der Waals surface area contributed by atoms with Crippen LogP contribution >= 0.6 is 0 Å². The summed E-state index contributed by atoms with van der Waals surface area (Å²) < 4.78 is 23.0. The van der Waals surface area contributed by atoms with E-state index in [9.17, 15) is 4.39 Å². The van der Waals surface area contributed by atoms with Gasteiger partial charge >= 0.3 is 0 Å². The molecule has 2 aromatic carbocycles. The summed E-state index contributed by atoms with van der Waals surface area (Å²) in [4.78, 5) is 0. The molecule has 3 N–H and O–H groups in total. The molecule has 0 aliphatic heterocycles. The molecule has 0 atom stereocenters. The number of fused-ring (bicyclic) bond motifs is 1. The molecule has 0 amide bonds. The van der Waals surface area contributed by atoms with Gasteiger partial charge in [0.25, 0.3) is 0 Å². The van der Waals surface area contributed by atoms with E-state index in [1.807, 2.05) is 0 Å². The minimum Gasteiger partial charge on any atom is -0.494 e. The quantitative estimate of drug-likeness (QED) is 0.714. The Hall–Kier alpha value is -2.83. The van der Waals surface area contributed by atoms with Gasteiger partial charge in [0.1, 0.15) is 11.6 Å². The SMILES string of the molecule is COc1cc(F)ccc1Nc1ccc(N)c2nonc12. The molecule has 0 fully saturated rings. The van der Waals surface area contributed by atoms with E-state index in [4.69, 9.17) is 10.5 Å². The molecule has 102 valence electrons. The van der Waals surface area contributed by atoms with Gasteiger partial charge in [-0.2, -0.15) is 0 Å². The zero-order valence-electron chi connectivity index (χ0n) is 10.6. The van der Waals surface area contributed by atoms with Crippen LogP contribution in [-0.4, -0.2) is 17.4 Å². The molecule has 1 heterocycles. The topological polar surface area (TPSA) is 86.2 Å². The van der Waals surface area contributed by atoms with Crippen LogP contribution in [0.15, 0.2) is 35.0 Å². The van der Waals surface area contributed by atoms with Crippen molar-refractivity contribution in [3.8, 4) is 5.75 Å². The Balaban J connectivity index is 2.06. The number of nitrogens with zero attached hydrogens (tertiary/aromatic N) is 2. The summed E-state index contributed by atoms with van der Waals surface area (Å²) in [6, 6.07) is 7.62.